The molecule has 0 saturated carbocycles. The molecule has 8 heteroatoms. The molecule has 3 rings (SSSR count). The first kappa shape index (κ1) is 39.7. The monoisotopic (exact) mass is 672 g/mol. The van der Waals surface area contributed by atoms with Crippen LogP contribution >= 0.6 is 0 Å². The molecule has 8 nitrogen and oxygen atoms in total. The van der Waals surface area contributed by atoms with Crippen LogP contribution in [0.25, 0.3) is 10.8 Å². The Balaban J connectivity index is 1.80. The van der Waals surface area contributed by atoms with E-state index in [1.165, 1.54) is 0 Å². The van der Waals surface area contributed by atoms with Crippen molar-refractivity contribution in [2.75, 3.05) is 6.54 Å². The van der Waals surface area contributed by atoms with E-state index in [1.807, 2.05) is 83.1 Å². The van der Waals surface area contributed by atoms with E-state index >= 15 is 0 Å². The Morgan fingerprint density at radius 3 is 2.08 bits per heavy atom. The van der Waals surface area contributed by atoms with E-state index in [0.717, 1.165) is 34.7 Å². The van der Waals surface area contributed by atoms with Crippen molar-refractivity contribution >= 4 is 28.5 Å². The van der Waals surface area contributed by atoms with E-state index in [4.69, 9.17) is 0 Å². The van der Waals surface area contributed by atoms with Crippen LogP contribution in [0.3, 0.4) is 0 Å². The molecule has 5 N–H and O–H groups in total. The largest absolute Gasteiger partial charge is 0.391 e. The Morgan fingerprint density at radius 1 is 0.735 bits per heavy atom. The molecule has 0 bridgehead atoms. The summed E-state index contributed by atoms with van der Waals surface area (Å²) in [7, 11) is 0. The van der Waals surface area contributed by atoms with Gasteiger partial charge in [-0.25, -0.2) is 0 Å². The Morgan fingerprint density at radius 2 is 1.41 bits per heavy atom. The molecule has 268 valence electrons. The number of carbonyl (C=O) groups excluding carboxylic acids is 3. The zero-order valence-corrected chi connectivity index (χ0v) is 30.5. The van der Waals surface area contributed by atoms with Gasteiger partial charge in [-0.3, -0.25) is 14.4 Å². The maximum absolute atomic E-state index is 14.1. The molecule has 3 amide bonds. The standard InChI is InChI=1S/C41H60N4O4/c1-7-9-22-35(40(48)45-36(23-28(3)4)38(46)25-31(8-2)39(47)43-26-29(5)6)44-41(49)37(42-27-30-16-11-10-12-17-30)24-33-20-15-19-32-18-13-14-21-34(32)33/h10-21,28-29,31,35-38,42,46H,7-9,22-27H2,1-6H3,(H,43,47)(H,44,49)(H,45,48)/t31?,35-,36-,37-,38-/m0/s1. The first-order chi connectivity index (χ1) is 23.5. The van der Waals surface area contributed by atoms with Crippen LogP contribution in [0.1, 0.15) is 91.2 Å². The quantitative estimate of drug-likeness (QED) is 0.0911. The van der Waals surface area contributed by atoms with Crippen LogP contribution < -0.4 is 21.3 Å². The number of aliphatic hydroxyl groups is 1. The van der Waals surface area contributed by atoms with Gasteiger partial charge in [0.05, 0.1) is 18.2 Å². The second kappa shape index (κ2) is 20.7. The lowest BCUT2D eigenvalue weighted by Crippen LogP contribution is -2.56. The number of aliphatic hydroxyl groups excluding tert-OH is 1. The van der Waals surface area contributed by atoms with Crippen molar-refractivity contribution < 1.29 is 19.5 Å². The number of fused-ring (bicyclic) bond motifs is 1. The summed E-state index contributed by atoms with van der Waals surface area (Å²) >= 11 is 0. The van der Waals surface area contributed by atoms with E-state index in [-0.39, 0.29) is 36.0 Å². The molecule has 0 aliphatic heterocycles. The number of hydrogen-bond donors (Lipinski definition) is 5. The Bertz CT molecular complexity index is 1440. The van der Waals surface area contributed by atoms with Crippen LogP contribution in [0.15, 0.2) is 72.8 Å². The summed E-state index contributed by atoms with van der Waals surface area (Å²) in [5, 5.41) is 26.3. The smallest absolute Gasteiger partial charge is 0.242 e. The van der Waals surface area contributed by atoms with Gasteiger partial charge < -0.3 is 26.4 Å². The van der Waals surface area contributed by atoms with Crippen molar-refractivity contribution in [3.8, 4) is 0 Å². The SMILES string of the molecule is CCCC[C@H](NC(=O)[C@H](Cc1cccc2ccccc12)NCc1ccccc1)C(=O)N[C@@H](CC(C)C)[C@@H](O)CC(CC)C(=O)NCC(C)C. The topological polar surface area (TPSA) is 120 Å². The van der Waals surface area contributed by atoms with Gasteiger partial charge in [0.1, 0.15) is 6.04 Å². The maximum atomic E-state index is 14.1. The minimum atomic E-state index is -0.907. The number of hydrogen-bond acceptors (Lipinski definition) is 5. The zero-order valence-electron chi connectivity index (χ0n) is 30.5. The summed E-state index contributed by atoms with van der Waals surface area (Å²) < 4.78 is 0. The first-order valence-corrected chi connectivity index (χ1v) is 18.3. The summed E-state index contributed by atoms with van der Waals surface area (Å²) in [6.45, 7) is 13.3. The van der Waals surface area contributed by atoms with Crippen molar-refractivity contribution in [1.82, 2.24) is 21.3 Å². The zero-order chi connectivity index (χ0) is 35.8. The molecular formula is C41H60N4O4. The molecule has 0 aromatic heterocycles. The second-order valence-electron chi connectivity index (χ2n) is 14.3. The molecule has 0 fully saturated rings. The summed E-state index contributed by atoms with van der Waals surface area (Å²) in [5.41, 5.74) is 2.11. The fraction of sp³-hybridized carbons (Fsp3) is 0.537. The van der Waals surface area contributed by atoms with Crippen LogP contribution in [-0.4, -0.2) is 53.6 Å². The highest BCUT2D eigenvalue weighted by Gasteiger charge is 2.31. The number of rotatable bonds is 21. The molecule has 5 atom stereocenters. The number of nitrogens with one attached hydrogen (secondary N) is 4. The Kier molecular flexibility index (Phi) is 16.8. The minimum Gasteiger partial charge on any atom is -0.391 e. The summed E-state index contributed by atoms with van der Waals surface area (Å²) in [6, 6.07) is 22.4. The van der Waals surface area contributed by atoms with Gasteiger partial charge in [-0.05, 0) is 65.8 Å². The third-order valence-electron chi connectivity index (χ3n) is 9.09. The van der Waals surface area contributed by atoms with E-state index in [2.05, 4.69) is 52.5 Å². The molecule has 0 radical (unpaired) electrons. The van der Waals surface area contributed by atoms with Crippen molar-refractivity contribution in [2.45, 2.75) is 117 Å². The molecule has 0 spiro atoms. The molecule has 49 heavy (non-hydrogen) atoms. The number of carbonyl (C=O) groups is 3. The predicted octanol–water partition coefficient (Wildman–Crippen LogP) is 6.30. The van der Waals surface area contributed by atoms with Crippen molar-refractivity contribution in [1.29, 1.82) is 0 Å². The molecule has 3 aromatic rings. The third kappa shape index (κ3) is 13.2. The lowest BCUT2D eigenvalue weighted by Gasteiger charge is -2.30. The van der Waals surface area contributed by atoms with Crippen LogP contribution in [0.4, 0.5) is 0 Å². The number of amides is 3. The van der Waals surface area contributed by atoms with E-state index < -0.39 is 24.2 Å². The van der Waals surface area contributed by atoms with E-state index in [0.29, 0.717) is 44.7 Å². The fourth-order valence-electron chi connectivity index (χ4n) is 6.20. The molecule has 1 unspecified atom stereocenters. The van der Waals surface area contributed by atoms with Crippen molar-refractivity contribution in [3.05, 3.63) is 83.9 Å². The van der Waals surface area contributed by atoms with Crippen molar-refractivity contribution in [3.63, 3.8) is 0 Å². The first-order valence-electron chi connectivity index (χ1n) is 18.3. The summed E-state index contributed by atoms with van der Waals surface area (Å²) in [6.07, 6.45) is 3.04. The summed E-state index contributed by atoms with van der Waals surface area (Å²) in [5.74, 6) is -0.454. The van der Waals surface area contributed by atoms with Crippen molar-refractivity contribution in [2.24, 2.45) is 17.8 Å². The van der Waals surface area contributed by atoms with Gasteiger partial charge in [-0.1, -0.05) is 127 Å². The van der Waals surface area contributed by atoms with Crippen LogP contribution in [0, 0.1) is 17.8 Å². The normalized spacial score (nSPS) is 14.6. The summed E-state index contributed by atoms with van der Waals surface area (Å²) in [4.78, 5) is 40.9. The molecule has 0 saturated heterocycles. The molecular weight excluding hydrogens is 612 g/mol. The minimum absolute atomic E-state index is 0.0711. The Hall–Kier alpha value is -3.75. The van der Waals surface area contributed by atoms with Crippen LogP contribution in [-0.2, 0) is 27.3 Å². The average Bonchev–Trinajstić information content (AvgIpc) is 3.09. The average molecular weight is 673 g/mol. The van der Waals surface area contributed by atoms with Gasteiger partial charge in [0.25, 0.3) is 0 Å². The third-order valence-corrected chi connectivity index (χ3v) is 9.09. The van der Waals surface area contributed by atoms with Crippen LogP contribution in [0.2, 0.25) is 0 Å². The fourth-order valence-corrected chi connectivity index (χ4v) is 6.20. The van der Waals surface area contributed by atoms with Gasteiger partial charge in [0.15, 0.2) is 0 Å². The van der Waals surface area contributed by atoms with Gasteiger partial charge in [0.2, 0.25) is 17.7 Å². The van der Waals surface area contributed by atoms with Gasteiger partial charge >= 0.3 is 0 Å². The molecule has 0 aliphatic carbocycles. The van der Waals surface area contributed by atoms with E-state index in [9.17, 15) is 19.5 Å². The lowest BCUT2D eigenvalue weighted by molar-refractivity contribution is -0.131. The highest BCUT2D eigenvalue weighted by molar-refractivity contribution is 5.91. The molecule has 3 aromatic carbocycles. The number of benzene rings is 3. The van der Waals surface area contributed by atoms with Gasteiger partial charge in [-0.2, -0.15) is 0 Å². The van der Waals surface area contributed by atoms with Gasteiger partial charge in [0, 0.05) is 19.0 Å². The maximum Gasteiger partial charge on any atom is 0.242 e. The second-order valence-corrected chi connectivity index (χ2v) is 14.3. The highest BCUT2D eigenvalue weighted by Crippen LogP contribution is 2.21. The number of unbranched alkanes of at least 4 members (excludes halogenated alkanes) is 1. The highest BCUT2D eigenvalue weighted by atomic mass is 16.3. The van der Waals surface area contributed by atoms with Gasteiger partial charge in [-0.15, -0.1) is 0 Å². The lowest BCUT2D eigenvalue weighted by atomic mass is 9.90. The van der Waals surface area contributed by atoms with Crippen LogP contribution in [0.5, 0.6) is 0 Å². The molecule has 0 aliphatic rings. The van der Waals surface area contributed by atoms with E-state index in [1.54, 1.807) is 0 Å². The molecule has 0 heterocycles. The Labute approximate surface area is 294 Å². The predicted molar refractivity (Wildman–Crippen MR) is 200 cm³/mol.